The van der Waals surface area contributed by atoms with Crippen LogP contribution >= 0.6 is 24.8 Å². The van der Waals surface area contributed by atoms with Gasteiger partial charge in [0.15, 0.2) is 11.5 Å². The van der Waals surface area contributed by atoms with Crippen LogP contribution in [0.15, 0.2) is 18.2 Å². The van der Waals surface area contributed by atoms with Gasteiger partial charge >= 0.3 is 12.5 Å². The first kappa shape index (κ1) is 21.0. The summed E-state index contributed by atoms with van der Waals surface area (Å²) < 4.78 is 75.4. The Bertz CT molecular complexity index is 568. The number of halogens is 7. The summed E-state index contributed by atoms with van der Waals surface area (Å²) in [5.74, 6) is -0.930. The van der Waals surface area contributed by atoms with Gasteiger partial charge in [0.05, 0.1) is 0 Å². The number of fused-ring (bicyclic) bond motifs is 1. The zero-order valence-corrected chi connectivity index (χ0v) is 13.7. The number of alkyl halides is 5. The summed E-state index contributed by atoms with van der Waals surface area (Å²) in [5, 5.41) is 2.95. The first-order chi connectivity index (χ1) is 10.3. The molecule has 0 saturated carbocycles. The van der Waals surface area contributed by atoms with Crippen molar-refractivity contribution < 1.29 is 31.4 Å². The van der Waals surface area contributed by atoms with Crippen LogP contribution in [-0.4, -0.2) is 43.5 Å². The SMILES string of the molecule is Cl.Cl.FC1(F)Oc2cccc([C@@H](N3CCNCC3)C(F)(F)F)c2O1. The molecule has 11 heteroatoms. The molecule has 0 aliphatic carbocycles. The van der Waals surface area contributed by atoms with Crippen LogP contribution in [0.2, 0.25) is 0 Å². The van der Waals surface area contributed by atoms with E-state index in [0.29, 0.717) is 13.1 Å². The summed E-state index contributed by atoms with van der Waals surface area (Å²) in [6.07, 6.45) is -8.56. The van der Waals surface area contributed by atoms with Crippen LogP contribution in [0.4, 0.5) is 22.0 Å². The van der Waals surface area contributed by atoms with E-state index in [-0.39, 0.29) is 49.2 Å². The smallest absolute Gasteiger partial charge is 0.395 e. The van der Waals surface area contributed by atoms with Gasteiger partial charge < -0.3 is 14.8 Å². The molecule has 1 aromatic rings. The van der Waals surface area contributed by atoms with Crippen molar-refractivity contribution in [3.8, 4) is 11.5 Å². The van der Waals surface area contributed by atoms with Gasteiger partial charge in [0, 0.05) is 31.7 Å². The standard InChI is InChI=1S/C13H13F5N2O2.2ClH/c14-12(15,16)11(20-6-4-19-5-7-20)8-2-1-3-9-10(8)22-13(17,18)21-9;;/h1-3,11,19H,4-7H2;2*1H/t11-;;/m1../s1. The zero-order chi connectivity index (χ0) is 16.0. The first-order valence-electron chi connectivity index (χ1n) is 6.68. The van der Waals surface area contributed by atoms with Gasteiger partial charge in [0.25, 0.3) is 0 Å². The monoisotopic (exact) mass is 396 g/mol. The van der Waals surface area contributed by atoms with Crippen molar-refractivity contribution in [2.75, 3.05) is 26.2 Å². The van der Waals surface area contributed by atoms with Gasteiger partial charge in [-0.05, 0) is 6.07 Å². The molecule has 0 unspecified atom stereocenters. The lowest BCUT2D eigenvalue weighted by molar-refractivity contribution is -0.287. The average molecular weight is 397 g/mol. The van der Waals surface area contributed by atoms with Gasteiger partial charge in [-0.3, -0.25) is 4.90 Å². The molecule has 1 aromatic carbocycles. The number of para-hydroxylation sites is 1. The molecule has 2 aliphatic rings. The van der Waals surface area contributed by atoms with E-state index < -0.39 is 24.3 Å². The van der Waals surface area contributed by atoms with E-state index in [1.807, 2.05) is 0 Å². The average Bonchev–Trinajstić information content (AvgIpc) is 2.73. The summed E-state index contributed by atoms with van der Waals surface area (Å²) >= 11 is 0. The van der Waals surface area contributed by atoms with Gasteiger partial charge in [0.2, 0.25) is 0 Å². The van der Waals surface area contributed by atoms with Gasteiger partial charge in [0.1, 0.15) is 6.04 Å². The maximum Gasteiger partial charge on any atom is 0.586 e. The maximum atomic E-state index is 13.5. The Morgan fingerprint density at radius 1 is 1.08 bits per heavy atom. The van der Waals surface area contributed by atoms with Crippen molar-refractivity contribution in [2.24, 2.45) is 0 Å². The molecule has 1 fully saturated rings. The third-order valence-corrected chi connectivity index (χ3v) is 3.58. The fourth-order valence-corrected chi connectivity index (χ4v) is 2.73. The topological polar surface area (TPSA) is 33.7 Å². The van der Waals surface area contributed by atoms with Crippen LogP contribution in [0.5, 0.6) is 11.5 Å². The molecule has 2 heterocycles. The van der Waals surface area contributed by atoms with Crippen LogP contribution in [-0.2, 0) is 0 Å². The molecule has 4 nitrogen and oxygen atoms in total. The van der Waals surface area contributed by atoms with Crippen molar-refractivity contribution in [2.45, 2.75) is 18.5 Å². The second-order valence-corrected chi connectivity index (χ2v) is 5.07. The number of benzene rings is 1. The number of hydrogen-bond acceptors (Lipinski definition) is 4. The molecule has 24 heavy (non-hydrogen) atoms. The summed E-state index contributed by atoms with van der Waals surface area (Å²) in [4.78, 5) is 1.20. The Morgan fingerprint density at radius 3 is 2.29 bits per heavy atom. The predicted molar refractivity (Wildman–Crippen MR) is 80.4 cm³/mol. The Kier molecular flexibility index (Phi) is 6.54. The second-order valence-electron chi connectivity index (χ2n) is 5.07. The summed E-state index contributed by atoms with van der Waals surface area (Å²) in [6, 6.07) is 1.54. The van der Waals surface area contributed by atoms with Crippen molar-refractivity contribution in [1.82, 2.24) is 10.2 Å². The van der Waals surface area contributed by atoms with Gasteiger partial charge in [-0.1, -0.05) is 12.1 Å². The van der Waals surface area contributed by atoms with Gasteiger partial charge in [-0.25, -0.2) is 0 Å². The molecule has 1 atom stereocenters. The lowest BCUT2D eigenvalue weighted by Crippen LogP contribution is -2.49. The third-order valence-electron chi connectivity index (χ3n) is 3.58. The zero-order valence-electron chi connectivity index (χ0n) is 12.1. The highest BCUT2D eigenvalue weighted by Crippen LogP contribution is 2.49. The minimum absolute atomic E-state index is 0. The quantitative estimate of drug-likeness (QED) is 0.777. The Morgan fingerprint density at radius 2 is 1.71 bits per heavy atom. The van der Waals surface area contributed by atoms with E-state index >= 15 is 0 Å². The number of nitrogens with one attached hydrogen (secondary N) is 1. The fraction of sp³-hybridized carbons (Fsp3) is 0.538. The van der Waals surface area contributed by atoms with E-state index in [1.165, 1.54) is 11.0 Å². The summed E-state index contributed by atoms with van der Waals surface area (Å²) in [6.45, 7) is 1.11. The molecule has 0 aromatic heterocycles. The normalized spacial score (nSPS) is 20.7. The van der Waals surface area contributed by atoms with E-state index in [2.05, 4.69) is 14.8 Å². The molecule has 0 radical (unpaired) electrons. The number of ether oxygens (including phenoxy) is 2. The molecule has 2 aliphatic heterocycles. The van der Waals surface area contributed by atoms with Gasteiger partial charge in [-0.2, -0.15) is 13.2 Å². The molecule has 0 spiro atoms. The maximum absolute atomic E-state index is 13.5. The molecule has 0 bridgehead atoms. The lowest BCUT2D eigenvalue weighted by Gasteiger charge is -2.36. The number of hydrogen-bond donors (Lipinski definition) is 1. The number of nitrogens with zero attached hydrogens (tertiary/aromatic N) is 1. The molecule has 3 rings (SSSR count). The van der Waals surface area contributed by atoms with Crippen LogP contribution < -0.4 is 14.8 Å². The van der Waals surface area contributed by atoms with Crippen LogP contribution in [0.25, 0.3) is 0 Å². The molecular formula is C13H15Cl2F5N2O2. The van der Waals surface area contributed by atoms with Crippen LogP contribution in [0.3, 0.4) is 0 Å². The molecule has 0 amide bonds. The summed E-state index contributed by atoms with van der Waals surface area (Å²) in [5.41, 5.74) is -0.357. The molecule has 1 N–H and O–H groups in total. The van der Waals surface area contributed by atoms with Crippen LogP contribution in [0, 0.1) is 0 Å². The van der Waals surface area contributed by atoms with E-state index in [9.17, 15) is 22.0 Å². The fourth-order valence-electron chi connectivity index (χ4n) is 2.73. The van der Waals surface area contributed by atoms with E-state index in [4.69, 9.17) is 0 Å². The Balaban J connectivity index is 0.00000144. The molecule has 138 valence electrons. The van der Waals surface area contributed by atoms with Crippen LogP contribution in [0.1, 0.15) is 11.6 Å². The molecular weight excluding hydrogens is 382 g/mol. The van der Waals surface area contributed by atoms with E-state index in [1.54, 1.807) is 0 Å². The first-order valence-corrected chi connectivity index (χ1v) is 6.68. The highest BCUT2D eigenvalue weighted by molar-refractivity contribution is 5.85. The lowest BCUT2D eigenvalue weighted by atomic mass is 10.0. The largest absolute Gasteiger partial charge is 0.586 e. The summed E-state index contributed by atoms with van der Waals surface area (Å²) in [7, 11) is 0. The minimum atomic E-state index is -4.62. The Labute approximate surface area is 147 Å². The number of piperazine rings is 1. The van der Waals surface area contributed by atoms with Crippen molar-refractivity contribution in [1.29, 1.82) is 0 Å². The van der Waals surface area contributed by atoms with Gasteiger partial charge in [-0.15, -0.1) is 33.6 Å². The highest BCUT2D eigenvalue weighted by Gasteiger charge is 2.51. The Hall–Kier alpha value is -1.03. The minimum Gasteiger partial charge on any atom is -0.395 e. The van der Waals surface area contributed by atoms with Crippen molar-refractivity contribution in [3.63, 3.8) is 0 Å². The van der Waals surface area contributed by atoms with E-state index in [0.717, 1.165) is 12.1 Å². The second kappa shape index (κ2) is 7.47. The highest BCUT2D eigenvalue weighted by atomic mass is 35.5. The van der Waals surface area contributed by atoms with Crippen molar-refractivity contribution in [3.05, 3.63) is 23.8 Å². The third kappa shape index (κ3) is 4.14. The van der Waals surface area contributed by atoms with Crippen molar-refractivity contribution >= 4 is 24.8 Å². The molecule has 1 saturated heterocycles. The predicted octanol–water partition coefficient (Wildman–Crippen LogP) is 3.36. The number of rotatable bonds is 2.